The van der Waals surface area contributed by atoms with Crippen molar-refractivity contribution in [2.45, 2.75) is 77.7 Å². The number of Topliss-reactive ketones (excluding diaryl/α,β-unsaturated/α-hetero) is 1. The van der Waals surface area contributed by atoms with E-state index in [1.54, 1.807) is 12.5 Å². The van der Waals surface area contributed by atoms with E-state index in [-0.39, 0.29) is 29.0 Å². The summed E-state index contributed by atoms with van der Waals surface area (Å²) in [5.74, 6) is 1.71. The number of fused-ring (bicyclic) bond motifs is 4. The van der Waals surface area contributed by atoms with Gasteiger partial charge in [-0.25, -0.2) is 0 Å². The maximum atomic E-state index is 12.9. The van der Waals surface area contributed by atoms with E-state index in [0.29, 0.717) is 31.0 Å². The molecule has 0 bridgehead atoms. The maximum Gasteiger partial charge on any atom is 0.161 e. The van der Waals surface area contributed by atoms with E-state index in [4.69, 9.17) is 9.47 Å². The van der Waals surface area contributed by atoms with Crippen LogP contribution in [-0.4, -0.2) is 38.0 Å². The number of carbonyl (C=O) groups excluding carboxylic acids is 2. The molecule has 1 aromatic carbocycles. The molecule has 0 N–H and O–H groups in total. The highest BCUT2D eigenvalue weighted by molar-refractivity contribution is 5.95. The van der Waals surface area contributed by atoms with E-state index in [2.05, 4.69) is 26.0 Å². The van der Waals surface area contributed by atoms with Gasteiger partial charge in [0.25, 0.3) is 0 Å². The number of hydrogen-bond acceptors (Lipinski definition) is 4. The lowest BCUT2D eigenvalue weighted by Gasteiger charge is -2.52. The highest BCUT2D eigenvalue weighted by atomic mass is 17.4. The van der Waals surface area contributed by atoms with E-state index >= 15 is 0 Å². The van der Waals surface area contributed by atoms with Crippen LogP contribution in [0.15, 0.2) is 47.1 Å². The van der Waals surface area contributed by atoms with Crippen molar-refractivity contribution < 1.29 is 19.1 Å². The van der Waals surface area contributed by atoms with Gasteiger partial charge in [-0.2, -0.15) is 0 Å². The van der Waals surface area contributed by atoms with Gasteiger partial charge in [0.2, 0.25) is 0 Å². The summed E-state index contributed by atoms with van der Waals surface area (Å²) in [4.78, 5) is 24.9. The van der Waals surface area contributed by atoms with Gasteiger partial charge in [-0.3, -0.25) is 9.59 Å². The third-order valence-electron chi connectivity index (χ3n) is 9.53. The molecular weight excluding hydrogens is 437 g/mol. The van der Waals surface area contributed by atoms with Crippen molar-refractivity contribution in [2.75, 3.05) is 20.3 Å². The van der Waals surface area contributed by atoms with Crippen LogP contribution in [0.5, 0.6) is 0 Å². The first-order valence-corrected chi connectivity index (χ1v) is 13.6. The average Bonchev–Trinajstić information content (AvgIpc) is 3.20. The zero-order valence-corrected chi connectivity index (χ0v) is 21.8. The molecule has 1 unspecified atom stereocenters. The van der Waals surface area contributed by atoms with E-state index in [9.17, 15) is 9.59 Å². The Morgan fingerprint density at radius 2 is 1.94 bits per heavy atom. The number of benzene rings is 1. The molecule has 6 atom stereocenters. The topological polar surface area (TPSA) is 52.6 Å². The van der Waals surface area contributed by atoms with Gasteiger partial charge in [-0.15, -0.1) is 0 Å². The summed E-state index contributed by atoms with van der Waals surface area (Å²) < 4.78 is 11.9. The molecule has 2 fully saturated rings. The van der Waals surface area contributed by atoms with Crippen molar-refractivity contribution in [1.29, 1.82) is 0 Å². The van der Waals surface area contributed by atoms with Crippen LogP contribution in [0.4, 0.5) is 0 Å². The van der Waals surface area contributed by atoms with Gasteiger partial charge < -0.3 is 9.47 Å². The van der Waals surface area contributed by atoms with Crippen LogP contribution >= 0.6 is 0 Å². The van der Waals surface area contributed by atoms with Gasteiger partial charge in [-0.1, -0.05) is 43.7 Å². The number of carbonyl (C=O) groups is 2. The molecule has 4 aliphatic rings. The number of methoxy groups -OCH3 is 1. The highest BCUT2D eigenvalue weighted by Gasteiger charge is 2.57. The third-order valence-corrected chi connectivity index (χ3v) is 9.53. The number of hydrogen-bond donors (Lipinski definition) is 0. The minimum Gasteiger partial charge on any atom is -0.381 e. The first-order chi connectivity index (χ1) is 16.9. The first kappa shape index (κ1) is 24.6. The van der Waals surface area contributed by atoms with E-state index < -0.39 is 0 Å². The standard InChI is InChI=1S/C31H40O4/c1-5-14-35-18-23-15-25-22(16-28(23)33)10-11-24-27-12-13-29(34-4)31(27,3)17-26(30(24)25)21-8-6-20(7-9-21)19(2)32/h6-9,16,23-24,26-27,29H,5,10-15,17-18H2,1-4H3/t23?,24-,26+,27-,29-,31-/m0/s1/i34+1. The van der Waals surface area contributed by atoms with Crippen molar-refractivity contribution in [1.82, 2.24) is 0 Å². The second-order valence-corrected chi connectivity index (χ2v) is 11.5. The van der Waals surface area contributed by atoms with E-state index in [1.165, 1.54) is 23.1 Å². The number of rotatable bonds is 7. The summed E-state index contributed by atoms with van der Waals surface area (Å²) in [5.41, 5.74) is 6.48. The molecule has 4 heteroatoms. The van der Waals surface area contributed by atoms with Crippen LogP contribution in [0.3, 0.4) is 0 Å². The fourth-order valence-electron chi connectivity index (χ4n) is 7.83. The van der Waals surface area contributed by atoms with Crippen molar-refractivity contribution in [2.24, 2.45) is 23.2 Å². The van der Waals surface area contributed by atoms with Gasteiger partial charge >= 0.3 is 0 Å². The van der Waals surface area contributed by atoms with Crippen molar-refractivity contribution in [3.8, 4) is 0 Å². The van der Waals surface area contributed by atoms with E-state index in [1.807, 2.05) is 25.3 Å². The molecule has 35 heavy (non-hydrogen) atoms. The molecule has 0 spiro atoms. The molecule has 2 saturated carbocycles. The van der Waals surface area contributed by atoms with Crippen LogP contribution in [0, 0.1) is 23.2 Å². The number of ether oxygens (including phenoxy) is 2. The summed E-state index contributed by atoms with van der Waals surface area (Å²) in [5, 5.41) is 0. The molecule has 0 amide bonds. The van der Waals surface area contributed by atoms with Gasteiger partial charge in [0.05, 0.1) is 12.7 Å². The van der Waals surface area contributed by atoms with Gasteiger partial charge in [0.1, 0.15) is 0 Å². The zero-order chi connectivity index (χ0) is 24.7. The lowest BCUT2D eigenvalue weighted by Crippen LogP contribution is -2.45. The molecule has 0 saturated heterocycles. The van der Waals surface area contributed by atoms with Crippen molar-refractivity contribution in [3.63, 3.8) is 0 Å². The second kappa shape index (κ2) is 9.78. The summed E-state index contributed by atoms with van der Waals surface area (Å²) in [7, 11) is 1.87. The minimum atomic E-state index is -0.0732. The Kier molecular flexibility index (Phi) is 6.89. The highest BCUT2D eigenvalue weighted by Crippen LogP contribution is 2.64. The second-order valence-electron chi connectivity index (χ2n) is 11.5. The molecule has 5 rings (SSSR count). The van der Waals surface area contributed by atoms with Crippen molar-refractivity contribution >= 4 is 11.6 Å². The Balaban J connectivity index is 1.59. The quantitative estimate of drug-likeness (QED) is 0.334. The first-order valence-electron chi connectivity index (χ1n) is 13.6. The predicted octanol–water partition coefficient (Wildman–Crippen LogP) is 6.46. The zero-order valence-electron chi connectivity index (χ0n) is 21.8. The molecular formula is C31H40O4. The number of ketones is 2. The van der Waals surface area contributed by atoms with Gasteiger partial charge in [0, 0.05) is 31.1 Å². The Morgan fingerprint density at radius 1 is 1.17 bits per heavy atom. The van der Waals surface area contributed by atoms with Gasteiger partial charge in [0.15, 0.2) is 11.6 Å². The fraction of sp³-hybridized carbons (Fsp3) is 0.613. The minimum absolute atomic E-state index is 0.0732. The average molecular weight is 478 g/mol. The normalized spacial score (nSPS) is 34.2. The molecule has 0 heterocycles. The Hall–Kier alpha value is -2.04. The van der Waals surface area contributed by atoms with E-state index in [0.717, 1.165) is 44.1 Å². The predicted molar refractivity (Wildman–Crippen MR) is 137 cm³/mol. The molecule has 0 aliphatic heterocycles. The number of allylic oxidation sites excluding steroid dienone is 4. The largest absolute Gasteiger partial charge is 0.381 e. The van der Waals surface area contributed by atoms with Crippen molar-refractivity contribution in [3.05, 3.63) is 58.2 Å². The molecule has 4 nitrogen and oxygen atoms in total. The molecule has 0 aromatic heterocycles. The van der Waals surface area contributed by atoms with Crippen LogP contribution < -0.4 is 0 Å². The van der Waals surface area contributed by atoms with Crippen LogP contribution in [0.1, 0.15) is 87.6 Å². The summed E-state index contributed by atoms with van der Waals surface area (Å²) >= 11 is 0. The summed E-state index contributed by atoms with van der Waals surface area (Å²) in [6.45, 7) is 7.41. The third kappa shape index (κ3) is 4.27. The lowest BCUT2D eigenvalue weighted by molar-refractivity contribution is -0.120. The molecule has 0 radical (unpaired) electrons. The Morgan fingerprint density at radius 3 is 2.63 bits per heavy atom. The molecule has 1 aromatic rings. The smallest absolute Gasteiger partial charge is 0.161 e. The molecule has 4 aliphatic carbocycles. The SMILES string of the molecule is CCCOCC1CC2=C3[C@@H](CCC2=CC1=O)[C@@H]1CC[C@H]([17O]C)[C@@]1(C)C[C@@H]3c1ccc(C(C)=O)cc1. The lowest BCUT2D eigenvalue weighted by atomic mass is 9.53. The summed E-state index contributed by atoms with van der Waals surface area (Å²) in [6.07, 6.45) is 9.52. The maximum absolute atomic E-state index is 12.9. The monoisotopic (exact) mass is 477 g/mol. The Labute approximate surface area is 210 Å². The van der Waals surface area contributed by atoms with Gasteiger partial charge in [-0.05, 0) is 91.9 Å². The van der Waals surface area contributed by atoms with Crippen LogP contribution in [0.2, 0.25) is 0 Å². The van der Waals surface area contributed by atoms with Crippen LogP contribution in [0.25, 0.3) is 0 Å². The summed E-state index contributed by atoms with van der Waals surface area (Å²) in [6, 6.07) is 8.31. The Bertz CT molecular complexity index is 1050. The van der Waals surface area contributed by atoms with Crippen LogP contribution in [-0.2, 0) is 14.3 Å². The fourth-order valence-corrected chi connectivity index (χ4v) is 7.83. The molecule has 188 valence electrons.